The first-order valence-electron chi connectivity index (χ1n) is 6.62. The van der Waals surface area contributed by atoms with Crippen LogP contribution in [0, 0.1) is 0 Å². The Hall–Kier alpha value is -2.61. The topological polar surface area (TPSA) is 90.0 Å². The fourth-order valence-electron chi connectivity index (χ4n) is 2.30. The van der Waals surface area contributed by atoms with Crippen LogP contribution in [0.15, 0.2) is 44.7 Å². The van der Waals surface area contributed by atoms with Gasteiger partial charge in [0.15, 0.2) is 16.3 Å². The van der Waals surface area contributed by atoms with Gasteiger partial charge in [-0.2, -0.15) is 0 Å². The van der Waals surface area contributed by atoms with Gasteiger partial charge in [0.1, 0.15) is 5.58 Å². The third-order valence-corrected chi connectivity index (χ3v) is 4.29. The average molecular weight is 314 g/mol. The van der Waals surface area contributed by atoms with Crippen LogP contribution in [0.5, 0.6) is 0 Å². The minimum absolute atomic E-state index is 0.0494. The summed E-state index contributed by atoms with van der Waals surface area (Å²) >= 11 is 1.58. The SMILES string of the molecule is O=C(Nc1nnc2n1CCS2)c1cc(=O)c2ccccc2o1. The van der Waals surface area contributed by atoms with Crippen molar-refractivity contribution < 1.29 is 9.21 Å². The summed E-state index contributed by atoms with van der Waals surface area (Å²) in [7, 11) is 0. The second-order valence-corrected chi connectivity index (χ2v) is 5.79. The van der Waals surface area contributed by atoms with E-state index in [0.717, 1.165) is 17.5 Å². The second-order valence-electron chi connectivity index (χ2n) is 4.73. The van der Waals surface area contributed by atoms with Gasteiger partial charge in [-0.1, -0.05) is 23.9 Å². The van der Waals surface area contributed by atoms with Crippen LogP contribution in [0.4, 0.5) is 5.95 Å². The molecule has 0 unspecified atom stereocenters. The summed E-state index contributed by atoms with van der Waals surface area (Å²) in [4.78, 5) is 24.3. The molecule has 0 spiro atoms. The van der Waals surface area contributed by atoms with Gasteiger partial charge in [0, 0.05) is 18.4 Å². The standard InChI is InChI=1S/C14H10N4O3S/c19-9-7-11(21-10-4-2-1-3-8(9)10)12(20)15-13-16-17-14-18(13)5-6-22-14/h1-4,7H,5-6H2,(H,15,16,20). The van der Waals surface area contributed by atoms with Crippen molar-refractivity contribution >= 4 is 34.6 Å². The molecule has 1 aliphatic rings. The number of benzene rings is 1. The first kappa shape index (κ1) is 13.1. The van der Waals surface area contributed by atoms with E-state index in [9.17, 15) is 9.59 Å². The fourth-order valence-corrected chi connectivity index (χ4v) is 3.19. The zero-order valence-electron chi connectivity index (χ0n) is 11.3. The highest BCUT2D eigenvalue weighted by molar-refractivity contribution is 7.99. The lowest BCUT2D eigenvalue weighted by atomic mass is 10.2. The molecule has 0 bridgehead atoms. The van der Waals surface area contributed by atoms with Gasteiger partial charge in [-0.05, 0) is 12.1 Å². The summed E-state index contributed by atoms with van der Waals surface area (Å²) in [6.45, 7) is 0.740. The number of amides is 1. The van der Waals surface area contributed by atoms with Gasteiger partial charge in [0.2, 0.25) is 5.95 Å². The number of anilines is 1. The van der Waals surface area contributed by atoms with Crippen LogP contribution in [0.2, 0.25) is 0 Å². The number of carbonyl (C=O) groups excluding carboxylic acids is 1. The van der Waals surface area contributed by atoms with E-state index in [1.807, 2.05) is 4.57 Å². The number of nitrogens with one attached hydrogen (secondary N) is 1. The molecule has 2 aromatic heterocycles. The monoisotopic (exact) mass is 314 g/mol. The van der Waals surface area contributed by atoms with Crippen molar-refractivity contribution in [3.63, 3.8) is 0 Å². The lowest BCUT2D eigenvalue weighted by Gasteiger charge is -2.05. The van der Waals surface area contributed by atoms with E-state index in [0.29, 0.717) is 16.9 Å². The van der Waals surface area contributed by atoms with Gasteiger partial charge in [0.25, 0.3) is 5.91 Å². The molecule has 8 heteroatoms. The molecule has 0 saturated carbocycles. The molecule has 0 fully saturated rings. The van der Waals surface area contributed by atoms with Crippen LogP contribution < -0.4 is 10.7 Å². The van der Waals surface area contributed by atoms with Gasteiger partial charge in [-0.3, -0.25) is 19.5 Å². The number of carbonyl (C=O) groups is 1. The summed E-state index contributed by atoms with van der Waals surface area (Å²) in [5.41, 5.74) is 0.121. The lowest BCUT2D eigenvalue weighted by Crippen LogP contribution is -2.17. The molecule has 0 saturated heterocycles. The molecule has 4 rings (SSSR count). The normalized spacial score (nSPS) is 13.3. The maximum Gasteiger partial charge on any atom is 0.293 e. The molecule has 0 aliphatic carbocycles. The van der Waals surface area contributed by atoms with Gasteiger partial charge in [-0.25, -0.2) is 0 Å². The van der Waals surface area contributed by atoms with Crippen molar-refractivity contribution in [2.45, 2.75) is 11.7 Å². The molecule has 1 amide bonds. The van der Waals surface area contributed by atoms with Crippen molar-refractivity contribution in [2.24, 2.45) is 0 Å². The Bertz CT molecular complexity index is 947. The number of hydrogen-bond donors (Lipinski definition) is 1. The summed E-state index contributed by atoms with van der Waals surface area (Å²) in [5, 5.41) is 11.8. The van der Waals surface area contributed by atoms with Crippen LogP contribution in [0.3, 0.4) is 0 Å². The van der Waals surface area contributed by atoms with Crippen molar-refractivity contribution in [3.8, 4) is 0 Å². The van der Waals surface area contributed by atoms with Crippen molar-refractivity contribution in [3.05, 3.63) is 46.3 Å². The minimum atomic E-state index is -0.519. The molecule has 7 nitrogen and oxygen atoms in total. The summed E-state index contributed by atoms with van der Waals surface area (Å²) in [5.74, 6) is 0.696. The molecular weight excluding hydrogens is 304 g/mol. The van der Waals surface area contributed by atoms with Crippen LogP contribution in [-0.2, 0) is 6.54 Å². The molecule has 0 atom stereocenters. The molecule has 1 N–H and O–H groups in total. The van der Waals surface area contributed by atoms with E-state index in [1.54, 1.807) is 36.0 Å². The summed E-state index contributed by atoms with van der Waals surface area (Å²) in [6, 6.07) is 7.99. The number of hydrogen-bond acceptors (Lipinski definition) is 6. The number of aromatic nitrogens is 3. The highest BCUT2D eigenvalue weighted by Gasteiger charge is 2.21. The molecular formula is C14H10N4O3S. The van der Waals surface area contributed by atoms with E-state index in [4.69, 9.17) is 4.42 Å². The molecule has 1 aromatic carbocycles. The first-order valence-corrected chi connectivity index (χ1v) is 7.61. The van der Waals surface area contributed by atoms with Crippen molar-refractivity contribution in [1.29, 1.82) is 0 Å². The van der Waals surface area contributed by atoms with Crippen molar-refractivity contribution in [1.82, 2.24) is 14.8 Å². The predicted molar refractivity (Wildman–Crippen MR) is 81.2 cm³/mol. The Morgan fingerprint density at radius 1 is 1.32 bits per heavy atom. The van der Waals surface area contributed by atoms with Crippen LogP contribution in [0.1, 0.15) is 10.6 Å². The van der Waals surface area contributed by atoms with Crippen LogP contribution in [0.25, 0.3) is 11.0 Å². The molecule has 22 heavy (non-hydrogen) atoms. The third-order valence-electron chi connectivity index (χ3n) is 3.35. The number of thioether (sulfide) groups is 1. The minimum Gasteiger partial charge on any atom is -0.451 e. The number of fused-ring (bicyclic) bond motifs is 2. The number of rotatable bonds is 2. The quantitative estimate of drug-likeness (QED) is 0.775. The highest BCUT2D eigenvalue weighted by atomic mass is 32.2. The summed E-state index contributed by atoms with van der Waals surface area (Å²) in [6.07, 6.45) is 0. The van der Waals surface area contributed by atoms with Crippen LogP contribution >= 0.6 is 11.8 Å². The van der Waals surface area contributed by atoms with Gasteiger partial charge in [0.05, 0.1) is 5.39 Å². The Morgan fingerprint density at radius 3 is 3.09 bits per heavy atom. The first-order chi connectivity index (χ1) is 10.7. The molecule has 0 radical (unpaired) electrons. The fraction of sp³-hybridized carbons (Fsp3) is 0.143. The van der Waals surface area contributed by atoms with E-state index in [2.05, 4.69) is 15.5 Å². The average Bonchev–Trinajstić information content (AvgIpc) is 3.12. The largest absolute Gasteiger partial charge is 0.451 e. The molecule has 110 valence electrons. The number of nitrogens with zero attached hydrogens (tertiary/aromatic N) is 3. The second kappa shape index (κ2) is 4.99. The van der Waals surface area contributed by atoms with Gasteiger partial charge < -0.3 is 4.42 Å². The zero-order chi connectivity index (χ0) is 15.1. The van der Waals surface area contributed by atoms with Gasteiger partial charge in [-0.15, -0.1) is 10.2 Å². The summed E-state index contributed by atoms with van der Waals surface area (Å²) < 4.78 is 7.32. The maximum absolute atomic E-state index is 12.3. The third kappa shape index (κ3) is 2.08. The lowest BCUT2D eigenvalue weighted by molar-refractivity contribution is 0.0996. The van der Waals surface area contributed by atoms with E-state index in [1.165, 1.54) is 6.07 Å². The Kier molecular flexibility index (Phi) is 2.97. The zero-order valence-corrected chi connectivity index (χ0v) is 12.1. The maximum atomic E-state index is 12.3. The van der Waals surface area contributed by atoms with E-state index in [-0.39, 0.29) is 11.2 Å². The molecule has 3 heterocycles. The Morgan fingerprint density at radius 2 is 2.18 bits per heavy atom. The Balaban J connectivity index is 1.69. The van der Waals surface area contributed by atoms with Crippen LogP contribution in [-0.4, -0.2) is 26.4 Å². The molecule has 3 aromatic rings. The smallest absolute Gasteiger partial charge is 0.293 e. The van der Waals surface area contributed by atoms with Gasteiger partial charge >= 0.3 is 0 Å². The predicted octanol–water partition coefficient (Wildman–Crippen LogP) is 1.74. The van der Waals surface area contributed by atoms with Crippen molar-refractivity contribution in [2.75, 3.05) is 11.1 Å². The highest BCUT2D eigenvalue weighted by Crippen LogP contribution is 2.26. The Labute approximate surface area is 128 Å². The van der Waals surface area contributed by atoms with E-state index >= 15 is 0 Å². The number of para-hydroxylation sites is 1. The van der Waals surface area contributed by atoms with E-state index < -0.39 is 5.91 Å². The molecule has 1 aliphatic heterocycles.